The van der Waals surface area contributed by atoms with Crippen LogP contribution in [0, 0.1) is 0 Å². The summed E-state index contributed by atoms with van der Waals surface area (Å²) in [5, 5.41) is 2.94. The van der Waals surface area contributed by atoms with Crippen molar-refractivity contribution < 1.29 is 26.3 Å². The van der Waals surface area contributed by atoms with Gasteiger partial charge in [0.2, 0.25) is 15.9 Å². The van der Waals surface area contributed by atoms with E-state index < -0.39 is 22.8 Å². The molecule has 0 aliphatic rings. The lowest BCUT2D eigenvalue weighted by Crippen LogP contribution is -2.31. The van der Waals surface area contributed by atoms with Gasteiger partial charge in [-0.3, -0.25) is 0 Å². The molecule has 0 aliphatic heterocycles. The molecule has 2 N–H and O–H groups in total. The first kappa shape index (κ1) is 20.9. The second-order valence-electron chi connectivity index (χ2n) is 3.99. The maximum absolute atomic E-state index is 11.9. The van der Waals surface area contributed by atoms with Crippen molar-refractivity contribution in [3.63, 3.8) is 0 Å². The van der Waals surface area contributed by atoms with Gasteiger partial charge in [0.1, 0.15) is 4.90 Å². The first-order valence-corrected chi connectivity index (χ1v) is 7.59. The van der Waals surface area contributed by atoms with E-state index in [1.165, 1.54) is 0 Å². The SMILES string of the molecule is CCNCCNS(=O)(=O)c1ccc(OCC(F)(F)F)nc1.Cl. The highest BCUT2D eigenvalue weighted by atomic mass is 35.5. The first-order valence-electron chi connectivity index (χ1n) is 6.10. The molecule has 22 heavy (non-hydrogen) atoms. The molecule has 0 radical (unpaired) electrons. The Morgan fingerprint density at radius 2 is 1.95 bits per heavy atom. The number of pyridine rings is 1. The van der Waals surface area contributed by atoms with Gasteiger partial charge in [-0.05, 0) is 12.6 Å². The Kier molecular flexibility index (Phi) is 8.68. The molecule has 1 aromatic heterocycles. The Hall–Kier alpha value is -1.10. The number of alkyl halides is 3. The number of sulfonamides is 1. The smallest absolute Gasteiger partial charge is 0.422 e. The third kappa shape index (κ3) is 7.78. The number of hydrogen-bond acceptors (Lipinski definition) is 5. The molecule has 6 nitrogen and oxygen atoms in total. The van der Waals surface area contributed by atoms with Crippen molar-refractivity contribution in [1.82, 2.24) is 15.0 Å². The van der Waals surface area contributed by atoms with E-state index in [1.54, 1.807) is 0 Å². The van der Waals surface area contributed by atoms with Crippen LogP contribution < -0.4 is 14.8 Å². The lowest BCUT2D eigenvalue weighted by atomic mass is 10.5. The van der Waals surface area contributed by atoms with Crippen LogP contribution in [0.3, 0.4) is 0 Å². The lowest BCUT2D eigenvalue weighted by Gasteiger charge is -2.09. The Bertz CT molecular complexity index is 538. The number of likely N-dealkylation sites (N-methyl/N-ethyl adjacent to an activating group) is 1. The van der Waals surface area contributed by atoms with Crippen LogP contribution in [0.25, 0.3) is 0 Å². The predicted molar refractivity (Wildman–Crippen MR) is 76.8 cm³/mol. The van der Waals surface area contributed by atoms with Gasteiger partial charge in [-0.25, -0.2) is 18.1 Å². The number of hydrogen-bond donors (Lipinski definition) is 2. The van der Waals surface area contributed by atoms with Crippen LogP contribution in [0.15, 0.2) is 23.2 Å². The van der Waals surface area contributed by atoms with Crippen LogP contribution in [0.2, 0.25) is 0 Å². The maximum Gasteiger partial charge on any atom is 0.422 e. The molecule has 0 fully saturated rings. The Labute approximate surface area is 132 Å². The van der Waals surface area contributed by atoms with Gasteiger partial charge in [0.25, 0.3) is 0 Å². The average molecular weight is 364 g/mol. The molecular formula is C11H17ClF3N3O3S. The highest BCUT2D eigenvalue weighted by Crippen LogP contribution is 2.17. The molecule has 0 saturated heterocycles. The zero-order valence-electron chi connectivity index (χ0n) is 11.7. The second kappa shape index (κ2) is 9.13. The minimum Gasteiger partial charge on any atom is -0.468 e. The van der Waals surface area contributed by atoms with Gasteiger partial charge >= 0.3 is 6.18 Å². The molecule has 11 heteroatoms. The van der Waals surface area contributed by atoms with Crippen LogP contribution in [-0.4, -0.2) is 45.8 Å². The minimum atomic E-state index is -4.47. The summed E-state index contributed by atoms with van der Waals surface area (Å²) in [7, 11) is -3.73. The Balaban J connectivity index is 0.00000441. The van der Waals surface area contributed by atoms with Crippen LogP contribution in [-0.2, 0) is 10.0 Å². The number of nitrogens with one attached hydrogen (secondary N) is 2. The highest BCUT2D eigenvalue weighted by molar-refractivity contribution is 7.89. The molecule has 0 saturated carbocycles. The van der Waals surface area contributed by atoms with Crippen LogP contribution in [0.4, 0.5) is 13.2 Å². The number of ether oxygens (including phenoxy) is 1. The van der Waals surface area contributed by atoms with Gasteiger partial charge in [-0.1, -0.05) is 6.92 Å². The summed E-state index contributed by atoms with van der Waals surface area (Å²) in [6.45, 7) is 1.79. The largest absolute Gasteiger partial charge is 0.468 e. The van der Waals surface area contributed by atoms with Crippen molar-refractivity contribution in [3.8, 4) is 5.88 Å². The summed E-state index contributed by atoms with van der Waals surface area (Å²) < 4.78 is 66.2. The number of aromatic nitrogens is 1. The minimum absolute atomic E-state index is 0. The number of rotatable bonds is 8. The van der Waals surface area contributed by atoms with Gasteiger partial charge in [-0.15, -0.1) is 12.4 Å². The first-order chi connectivity index (χ1) is 9.74. The van der Waals surface area contributed by atoms with Crippen molar-refractivity contribution in [2.45, 2.75) is 18.0 Å². The van der Waals surface area contributed by atoms with Crippen molar-refractivity contribution in [2.24, 2.45) is 0 Å². The fourth-order valence-corrected chi connectivity index (χ4v) is 2.28. The Morgan fingerprint density at radius 1 is 1.27 bits per heavy atom. The summed E-state index contributed by atoms with van der Waals surface area (Å²) in [5.74, 6) is -0.293. The maximum atomic E-state index is 11.9. The van der Waals surface area contributed by atoms with Crippen molar-refractivity contribution in [3.05, 3.63) is 18.3 Å². The third-order valence-electron chi connectivity index (χ3n) is 2.25. The van der Waals surface area contributed by atoms with Crippen molar-refractivity contribution >= 4 is 22.4 Å². The van der Waals surface area contributed by atoms with Crippen LogP contribution in [0.1, 0.15) is 6.92 Å². The zero-order chi connectivity index (χ0) is 15.9. The standard InChI is InChI=1S/C11H16F3N3O3S.ClH/c1-2-15-5-6-17-21(18,19)9-3-4-10(16-7-9)20-8-11(12,13)14;/h3-4,7,15,17H,2,5-6,8H2,1H3;1H. The van der Waals surface area contributed by atoms with Crippen molar-refractivity contribution in [2.75, 3.05) is 26.2 Å². The van der Waals surface area contributed by atoms with Gasteiger partial charge in [-0.2, -0.15) is 13.2 Å². The lowest BCUT2D eigenvalue weighted by molar-refractivity contribution is -0.154. The molecule has 0 aromatic carbocycles. The predicted octanol–water partition coefficient (Wildman–Crippen LogP) is 1.33. The van der Waals surface area contributed by atoms with E-state index >= 15 is 0 Å². The van der Waals surface area contributed by atoms with Gasteiger partial charge in [0.05, 0.1) is 6.20 Å². The average Bonchev–Trinajstić information content (AvgIpc) is 2.41. The molecule has 0 unspecified atom stereocenters. The highest BCUT2D eigenvalue weighted by Gasteiger charge is 2.28. The van der Waals surface area contributed by atoms with Gasteiger partial charge < -0.3 is 10.1 Å². The number of halogens is 4. The van der Waals surface area contributed by atoms with Crippen LogP contribution >= 0.6 is 12.4 Å². The van der Waals surface area contributed by atoms with E-state index in [-0.39, 0.29) is 29.7 Å². The fraction of sp³-hybridized carbons (Fsp3) is 0.545. The second-order valence-corrected chi connectivity index (χ2v) is 5.75. The van der Waals surface area contributed by atoms with E-state index in [9.17, 15) is 21.6 Å². The molecule has 1 aromatic rings. The summed E-state index contributed by atoms with van der Waals surface area (Å²) >= 11 is 0. The Morgan fingerprint density at radius 3 is 2.45 bits per heavy atom. The fourth-order valence-electron chi connectivity index (χ4n) is 1.30. The summed E-state index contributed by atoms with van der Waals surface area (Å²) in [6, 6.07) is 2.21. The summed E-state index contributed by atoms with van der Waals surface area (Å²) in [6.07, 6.45) is -3.53. The topological polar surface area (TPSA) is 80.3 Å². The van der Waals surface area contributed by atoms with Crippen LogP contribution in [0.5, 0.6) is 5.88 Å². The normalized spacial score (nSPS) is 11.8. The molecule has 0 spiro atoms. The van der Waals surface area contributed by atoms with E-state index in [4.69, 9.17) is 0 Å². The van der Waals surface area contributed by atoms with E-state index in [0.29, 0.717) is 13.1 Å². The van der Waals surface area contributed by atoms with Crippen molar-refractivity contribution in [1.29, 1.82) is 0 Å². The van der Waals surface area contributed by atoms with Gasteiger partial charge in [0, 0.05) is 19.2 Å². The zero-order valence-corrected chi connectivity index (χ0v) is 13.3. The molecule has 0 amide bonds. The summed E-state index contributed by atoms with van der Waals surface area (Å²) in [5.41, 5.74) is 0. The molecule has 1 rings (SSSR count). The molecule has 0 aliphatic carbocycles. The quantitative estimate of drug-likeness (QED) is 0.681. The third-order valence-corrected chi connectivity index (χ3v) is 3.69. The van der Waals surface area contributed by atoms with Gasteiger partial charge in [0.15, 0.2) is 6.61 Å². The van der Waals surface area contributed by atoms with E-state index in [1.807, 2.05) is 6.92 Å². The van der Waals surface area contributed by atoms with E-state index in [2.05, 4.69) is 19.8 Å². The number of nitrogens with zero attached hydrogens (tertiary/aromatic N) is 1. The molecular weight excluding hydrogens is 347 g/mol. The summed E-state index contributed by atoms with van der Waals surface area (Å²) in [4.78, 5) is 3.40. The van der Waals surface area contributed by atoms with E-state index in [0.717, 1.165) is 18.3 Å². The molecule has 1 heterocycles. The molecule has 0 atom stereocenters. The molecule has 128 valence electrons. The molecule has 0 bridgehead atoms. The monoisotopic (exact) mass is 363 g/mol.